The number of amides is 1. The molecule has 0 unspecified atom stereocenters. The maximum atomic E-state index is 11.7. The zero-order valence-electron chi connectivity index (χ0n) is 10.9. The molecule has 0 fully saturated rings. The summed E-state index contributed by atoms with van der Waals surface area (Å²) < 4.78 is 0. The third-order valence-corrected chi connectivity index (χ3v) is 4.47. The molecule has 0 aromatic carbocycles. The lowest BCUT2D eigenvalue weighted by molar-refractivity contribution is -0.120. The van der Waals surface area contributed by atoms with Crippen molar-refractivity contribution in [1.82, 2.24) is 10.3 Å². The lowest BCUT2D eigenvalue weighted by atomic mass is 10.3. The lowest BCUT2D eigenvalue weighted by Gasteiger charge is -2.02. The average Bonchev–Trinajstić information content (AvgIpc) is 2.99. The Hall–Kier alpha value is -1.73. The number of aryl methyl sites for hydroxylation is 1. The van der Waals surface area contributed by atoms with Gasteiger partial charge in [-0.3, -0.25) is 4.79 Å². The maximum Gasteiger partial charge on any atom is 0.355 e. The number of aromatic nitrogens is 1. The fourth-order valence-electron chi connectivity index (χ4n) is 1.63. The zero-order valence-corrected chi connectivity index (χ0v) is 12.5. The molecule has 5 nitrogen and oxygen atoms in total. The van der Waals surface area contributed by atoms with Gasteiger partial charge < -0.3 is 10.4 Å². The molecule has 7 heteroatoms. The first-order valence-corrected chi connectivity index (χ1v) is 7.74. The smallest absolute Gasteiger partial charge is 0.355 e. The highest BCUT2D eigenvalue weighted by Gasteiger charge is 2.09. The molecule has 0 aliphatic heterocycles. The average molecular weight is 310 g/mol. The Balaban J connectivity index is 1.74. The number of thiophene rings is 1. The first kappa shape index (κ1) is 14.7. The Labute approximate surface area is 124 Å². The molecule has 0 saturated carbocycles. The Bertz CT molecular complexity index is 619. The summed E-state index contributed by atoms with van der Waals surface area (Å²) in [4.78, 5) is 28.6. The minimum atomic E-state index is -1.02. The van der Waals surface area contributed by atoms with E-state index in [1.54, 1.807) is 11.3 Å². The van der Waals surface area contributed by atoms with Crippen LogP contribution >= 0.6 is 22.7 Å². The van der Waals surface area contributed by atoms with E-state index < -0.39 is 5.97 Å². The van der Waals surface area contributed by atoms with Crippen LogP contribution in [-0.4, -0.2) is 28.5 Å². The predicted octanol–water partition coefficient (Wildman–Crippen LogP) is 2.11. The molecule has 106 valence electrons. The monoisotopic (exact) mass is 310 g/mol. The van der Waals surface area contributed by atoms with Gasteiger partial charge in [-0.2, -0.15) is 0 Å². The summed E-state index contributed by atoms with van der Waals surface area (Å²) in [6, 6.07) is 3.95. The first-order valence-electron chi connectivity index (χ1n) is 6.04. The second-order valence-electron chi connectivity index (χ2n) is 4.22. The van der Waals surface area contributed by atoms with Gasteiger partial charge in [0, 0.05) is 28.1 Å². The van der Waals surface area contributed by atoms with Crippen molar-refractivity contribution >= 4 is 34.6 Å². The number of hydrogen-bond acceptors (Lipinski definition) is 5. The summed E-state index contributed by atoms with van der Waals surface area (Å²) >= 11 is 2.91. The van der Waals surface area contributed by atoms with E-state index in [1.807, 2.05) is 19.1 Å². The highest BCUT2D eigenvalue weighted by molar-refractivity contribution is 7.12. The summed E-state index contributed by atoms with van der Waals surface area (Å²) in [5, 5.41) is 13.8. The number of carbonyl (C=O) groups excluding carboxylic acids is 1. The number of carboxylic acid groups (broad SMARTS) is 1. The maximum absolute atomic E-state index is 11.7. The number of thiazole rings is 1. The van der Waals surface area contributed by atoms with Crippen LogP contribution in [0.2, 0.25) is 0 Å². The molecule has 2 N–H and O–H groups in total. The van der Waals surface area contributed by atoms with Crippen LogP contribution in [-0.2, 0) is 17.6 Å². The van der Waals surface area contributed by atoms with Crippen molar-refractivity contribution in [2.24, 2.45) is 0 Å². The summed E-state index contributed by atoms with van der Waals surface area (Å²) in [5.74, 6) is -1.05. The molecule has 2 rings (SSSR count). The molecule has 2 heterocycles. The van der Waals surface area contributed by atoms with Gasteiger partial charge in [-0.05, 0) is 19.1 Å². The topological polar surface area (TPSA) is 79.3 Å². The van der Waals surface area contributed by atoms with E-state index in [2.05, 4.69) is 10.3 Å². The Morgan fingerprint density at radius 3 is 2.80 bits per heavy atom. The van der Waals surface area contributed by atoms with Crippen LogP contribution in [0.3, 0.4) is 0 Å². The van der Waals surface area contributed by atoms with E-state index in [0.29, 0.717) is 19.4 Å². The van der Waals surface area contributed by atoms with Gasteiger partial charge in [0.15, 0.2) is 5.69 Å². The van der Waals surface area contributed by atoms with E-state index in [9.17, 15) is 9.59 Å². The fraction of sp³-hybridized carbons (Fsp3) is 0.308. The summed E-state index contributed by atoms with van der Waals surface area (Å²) in [7, 11) is 0. The van der Waals surface area contributed by atoms with E-state index in [-0.39, 0.29) is 11.6 Å². The van der Waals surface area contributed by atoms with Crippen LogP contribution in [0.4, 0.5) is 0 Å². The highest BCUT2D eigenvalue weighted by atomic mass is 32.1. The minimum Gasteiger partial charge on any atom is -0.476 e. The molecule has 0 spiro atoms. The minimum absolute atomic E-state index is 0.0261. The second kappa shape index (κ2) is 6.62. The van der Waals surface area contributed by atoms with Crippen molar-refractivity contribution in [1.29, 1.82) is 0 Å². The normalized spacial score (nSPS) is 10.4. The van der Waals surface area contributed by atoms with Crippen molar-refractivity contribution in [2.75, 3.05) is 6.54 Å². The molecule has 0 aliphatic rings. The number of hydrogen-bond donors (Lipinski definition) is 2. The predicted molar refractivity (Wildman–Crippen MR) is 78.5 cm³/mol. The fourth-order valence-corrected chi connectivity index (χ4v) is 3.29. The highest BCUT2D eigenvalue weighted by Crippen LogP contribution is 2.15. The summed E-state index contributed by atoms with van der Waals surface area (Å²) in [5.41, 5.74) is 0.0605. The second-order valence-corrected chi connectivity index (χ2v) is 6.54. The van der Waals surface area contributed by atoms with Crippen molar-refractivity contribution < 1.29 is 14.7 Å². The van der Waals surface area contributed by atoms with Crippen LogP contribution in [0, 0.1) is 6.92 Å². The molecule has 2 aromatic heterocycles. The number of carboxylic acids is 1. The SMILES string of the molecule is Cc1ccc(CC(=O)NCCc2nc(C(=O)O)cs2)s1. The quantitative estimate of drug-likeness (QED) is 0.856. The third-order valence-electron chi connectivity index (χ3n) is 2.56. The molecule has 0 saturated heterocycles. The summed E-state index contributed by atoms with van der Waals surface area (Å²) in [6.07, 6.45) is 0.934. The van der Waals surface area contributed by atoms with Gasteiger partial charge in [0.2, 0.25) is 5.91 Å². The van der Waals surface area contributed by atoms with E-state index in [1.165, 1.54) is 21.6 Å². The van der Waals surface area contributed by atoms with Crippen LogP contribution in [0.1, 0.15) is 25.3 Å². The molecule has 0 radical (unpaired) electrons. The van der Waals surface area contributed by atoms with Crippen LogP contribution in [0.15, 0.2) is 17.5 Å². The van der Waals surface area contributed by atoms with Crippen molar-refractivity contribution in [3.63, 3.8) is 0 Å². The van der Waals surface area contributed by atoms with Crippen molar-refractivity contribution in [2.45, 2.75) is 19.8 Å². The van der Waals surface area contributed by atoms with E-state index in [4.69, 9.17) is 5.11 Å². The van der Waals surface area contributed by atoms with E-state index in [0.717, 1.165) is 9.88 Å². The van der Waals surface area contributed by atoms with Gasteiger partial charge in [0.1, 0.15) is 0 Å². The number of nitrogens with zero attached hydrogens (tertiary/aromatic N) is 1. The Kier molecular flexibility index (Phi) is 4.86. The van der Waals surface area contributed by atoms with Crippen LogP contribution in [0.5, 0.6) is 0 Å². The zero-order chi connectivity index (χ0) is 14.5. The van der Waals surface area contributed by atoms with E-state index >= 15 is 0 Å². The molecule has 0 bridgehead atoms. The van der Waals surface area contributed by atoms with Crippen molar-refractivity contribution in [3.8, 4) is 0 Å². The van der Waals surface area contributed by atoms with Crippen LogP contribution < -0.4 is 5.32 Å². The van der Waals surface area contributed by atoms with Gasteiger partial charge in [0.05, 0.1) is 11.4 Å². The number of carbonyl (C=O) groups is 2. The molecule has 0 atom stereocenters. The first-order chi connectivity index (χ1) is 9.54. The molecule has 0 aliphatic carbocycles. The van der Waals surface area contributed by atoms with Gasteiger partial charge in [-0.1, -0.05) is 0 Å². The molecular weight excluding hydrogens is 296 g/mol. The van der Waals surface area contributed by atoms with Gasteiger partial charge in [0.25, 0.3) is 0 Å². The Morgan fingerprint density at radius 2 is 2.20 bits per heavy atom. The van der Waals surface area contributed by atoms with Gasteiger partial charge in [-0.15, -0.1) is 22.7 Å². The standard InChI is InChI=1S/C13H14N2O3S2/c1-8-2-3-9(20-8)6-11(16)14-5-4-12-15-10(7-19-12)13(17)18/h2-3,7H,4-6H2,1H3,(H,14,16)(H,17,18). The molecule has 1 amide bonds. The van der Waals surface area contributed by atoms with Gasteiger partial charge in [-0.25, -0.2) is 9.78 Å². The van der Waals surface area contributed by atoms with Crippen LogP contribution in [0.25, 0.3) is 0 Å². The van der Waals surface area contributed by atoms with Gasteiger partial charge >= 0.3 is 5.97 Å². The van der Waals surface area contributed by atoms with Crippen molar-refractivity contribution in [3.05, 3.63) is 38.0 Å². The third kappa shape index (κ3) is 4.14. The molecule has 20 heavy (non-hydrogen) atoms. The molecular formula is C13H14N2O3S2. The number of rotatable bonds is 6. The summed E-state index contributed by atoms with van der Waals surface area (Å²) in [6.45, 7) is 2.48. The molecule has 2 aromatic rings. The number of nitrogens with one attached hydrogen (secondary N) is 1. The lowest BCUT2D eigenvalue weighted by Crippen LogP contribution is -2.26. The Morgan fingerprint density at radius 1 is 1.40 bits per heavy atom. The largest absolute Gasteiger partial charge is 0.476 e. The number of aromatic carboxylic acids is 1.